The molecular weight excluding hydrogens is 602 g/mol. The minimum atomic E-state index is -3.93. The fourth-order valence-electron chi connectivity index (χ4n) is 5.94. The highest BCUT2D eigenvalue weighted by atomic mass is 79.9. The minimum Gasteiger partial charge on any atom is -0.383 e. The fraction of sp³-hybridized carbons (Fsp3) is 0.469. The molecule has 0 radical (unpaired) electrons. The molecule has 1 aliphatic carbocycles. The number of nitrogens with zero attached hydrogens (tertiary/aromatic N) is 3. The van der Waals surface area contributed by atoms with Crippen LogP contribution in [-0.2, 0) is 32.6 Å². The van der Waals surface area contributed by atoms with E-state index >= 15 is 0 Å². The van der Waals surface area contributed by atoms with Gasteiger partial charge in [0.15, 0.2) is 0 Å². The number of benzene rings is 2. The molecule has 7 nitrogen and oxygen atoms in total. The number of aromatic nitrogens is 1. The van der Waals surface area contributed by atoms with E-state index in [0.29, 0.717) is 24.2 Å². The monoisotopic (exact) mass is 643 g/mol. The van der Waals surface area contributed by atoms with Gasteiger partial charge in [-0.05, 0) is 74.6 Å². The van der Waals surface area contributed by atoms with E-state index < -0.39 is 10.0 Å². The van der Waals surface area contributed by atoms with Gasteiger partial charge >= 0.3 is 0 Å². The zero-order valence-electron chi connectivity index (χ0n) is 24.6. The van der Waals surface area contributed by atoms with Crippen molar-refractivity contribution in [1.82, 2.24) is 13.8 Å². The van der Waals surface area contributed by atoms with Crippen LogP contribution in [0.5, 0.6) is 0 Å². The van der Waals surface area contributed by atoms with Crippen LogP contribution in [0.25, 0.3) is 0 Å². The summed E-state index contributed by atoms with van der Waals surface area (Å²) in [5.41, 5.74) is 4.58. The summed E-state index contributed by atoms with van der Waals surface area (Å²) in [6.45, 7) is 6.82. The highest BCUT2D eigenvalue weighted by molar-refractivity contribution is 9.10. The second-order valence-electron chi connectivity index (χ2n) is 11.1. The van der Waals surface area contributed by atoms with E-state index in [1.165, 1.54) is 16.3 Å². The molecule has 2 aromatic carbocycles. The third-order valence-corrected chi connectivity index (χ3v) is 10.6. The van der Waals surface area contributed by atoms with E-state index in [9.17, 15) is 13.2 Å². The van der Waals surface area contributed by atoms with Crippen molar-refractivity contribution in [2.75, 3.05) is 26.8 Å². The van der Waals surface area contributed by atoms with Crippen molar-refractivity contribution in [2.45, 2.75) is 76.9 Å². The second-order valence-corrected chi connectivity index (χ2v) is 13.9. The highest BCUT2D eigenvalue weighted by Gasteiger charge is 2.33. The van der Waals surface area contributed by atoms with Gasteiger partial charge in [-0.3, -0.25) is 4.79 Å². The molecule has 0 unspecified atom stereocenters. The molecule has 0 aliphatic heterocycles. The standard InChI is InChI=1S/C32H42BrN3O4S/c1-24-19-25(2)32(26(3)20-24)41(38,39)35(17-18-40-4)23-31(37)36(29-9-6-5-7-10-29)22-30-11-8-16-34(30)21-27-12-14-28(33)15-13-27/h8,11-16,19-20,29H,5-7,9-10,17-18,21-23H2,1-4H3. The number of carbonyl (C=O) groups excluding carboxylic acids is 1. The van der Waals surface area contributed by atoms with Gasteiger partial charge in [-0.2, -0.15) is 4.31 Å². The number of carbonyl (C=O) groups is 1. The maximum absolute atomic E-state index is 14.1. The van der Waals surface area contributed by atoms with Gasteiger partial charge < -0.3 is 14.2 Å². The highest BCUT2D eigenvalue weighted by Crippen LogP contribution is 2.28. The van der Waals surface area contributed by atoms with Crippen molar-refractivity contribution in [3.63, 3.8) is 0 Å². The maximum Gasteiger partial charge on any atom is 0.244 e. The molecule has 0 spiro atoms. The Morgan fingerprint density at radius 3 is 2.32 bits per heavy atom. The van der Waals surface area contributed by atoms with Crippen LogP contribution in [0.1, 0.15) is 60.1 Å². The molecule has 1 heterocycles. The van der Waals surface area contributed by atoms with E-state index in [1.54, 1.807) is 7.11 Å². The summed E-state index contributed by atoms with van der Waals surface area (Å²) < 4.78 is 37.8. The summed E-state index contributed by atoms with van der Waals surface area (Å²) in [6.07, 6.45) is 7.21. The third-order valence-electron chi connectivity index (χ3n) is 7.92. The van der Waals surface area contributed by atoms with Crippen molar-refractivity contribution < 1.29 is 17.9 Å². The summed E-state index contributed by atoms with van der Waals surface area (Å²) in [4.78, 5) is 16.3. The van der Waals surface area contributed by atoms with E-state index in [4.69, 9.17) is 4.74 Å². The largest absolute Gasteiger partial charge is 0.383 e. The fourth-order valence-corrected chi connectivity index (χ4v) is 7.99. The lowest BCUT2D eigenvalue weighted by Gasteiger charge is -2.36. The molecule has 3 aromatic rings. The van der Waals surface area contributed by atoms with Crippen LogP contribution < -0.4 is 0 Å². The third kappa shape index (κ3) is 7.89. The van der Waals surface area contributed by atoms with E-state index in [-0.39, 0.29) is 36.5 Å². The lowest BCUT2D eigenvalue weighted by Crippen LogP contribution is -2.48. The molecule has 0 saturated heterocycles. The van der Waals surface area contributed by atoms with Crippen molar-refractivity contribution in [3.05, 3.63) is 87.1 Å². The number of hydrogen-bond donors (Lipinski definition) is 0. The number of rotatable bonds is 12. The molecule has 1 saturated carbocycles. The molecule has 0 bridgehead atoms. The average molecular weight is 645 g/mol. The Kier molecular flexibility index (Phi) is 10.9. The van der Waals surface area contributed by atoms with Crippen molar-refractivity contribution in [1.29, 1.82) is 0 Å². The first-order valence-corrected chi connectivity index (χ1v) is 16.6. The molecular formula is C32H42BrN3O4S. The number of aryl methyl sites for hydroxylation is 3. The number of hydrogen-bond acceptors (Lipinski definition) is 4. The Hall–Kier alpha value is -2.46. The lowest BCUT2D eigenvalue weighted by molar-refractivity contribution is -0.135. The lowest BCUT2D eigenvalue weighted by atomic mass is 9.94. The molecule has 0 atom stereocenters. The molecule has 41 heavy (non-hydrogen) atoms. The zero-order chi connectivity index (χ0) is 29.6. The van der Waals surface area contributed by atoms with E-state index in [0.717, 1.165) is 41.4 Å². The summed E-state index contributed by atoms with van der Waals surface area (Å²) in [5, 5.41) is 0. The first-order valence-electron chi connectivity index (χ1n) is 14.3. The van der Waals surface area contributed by atoms with Crippen molar-refractivity contribution in [2.24, 2.45) is 0 Å². The van der Waals surface area contributed by atoms with Gasteiger partial charge in [-0.25, -0.2) is 8.42 Å². The van der Waals surface area contributed by atoms with Gasteiger partial charge in [-0.15, -0.1) is 0 Å². The molecule has 0 N–H and O–H groups in total. The number of methoxy groups -OCH3 is 1. The van der Waals surface area contributed by atoms with Crippen LogP contribution in [0.2, 0.25) is 0 Å². The van der Waals surface area contributed by atoms with Crippen LogP contribution in [0, 0.1) is 20.8 Å². The van der Waals surface area contributed by atoms with Gasteiger partial charge in [0.25, 0.3) is 0 Å². The number of sulfonamides is 1. The Bertz CT molecular complexity index is 1410. The summed E-state index contributed by atoms with van der Waals surface area (Å²) in [5.74, 6) is -0.171. The first-order chi connectivity index (χ1) is 19.6. The van der Waals surface area contributed by atoms with Crippen molar-refractivity contribution in [3.8, 4) is 0 Å². The van der Waals surface area contributed by atoms with E-state index in [2.05, 4.69) is 38.7 Å². The van der Waals surface area contributed by atoms with Crippen LogP contribution in [0.15, 0.2) is 64.1 Å². The predicted octanol–water partition coefficient (Wildman–Crippen LogP) is 6.22. The second kappa shape index (κ2) is 14.1. The smallest absolute Gasteiger partial charge is 0.244 e. The summed E-state index contributed by atoms with van der Waals surface area (Å²) >= 11 is 3.50. The predicted molar refractivity (Wildman–Crippen MR) is 166 cm³/mol. The molecule has 1 amide bonds. The molecule has 1 fully saturated rings. The minimum absolute atomic E-state index is 0.0853. The normalized spacial score (nSPS) is 14.5. The summed E-state index contributed by atoms with van der Waals surface area (Å²) in [7, 11) is -2.38. The number of ether oxygens (including phenoxy) is 1. The maximum atomic E-state index is 14.1. The topological polar surface area (TPSA) is 71.8 Å². The molecule has 9 heteroatoms. The Labute approximate surface area is 253 Å². The SMILES string of the molecule is COCCN(CC(=O)N(Cc1cccn1Cc1ccc(Br)cc1)C1CCCCC1)S(=O)(=O)c1c(C)cc(C)cc1C. The van der Waals surface area contributed by atoms with Crippen molar-refractivity contribution >= 4 is 31.9 Å². The number of halogens is 1. The Morgan fingerprint density at radius 2 is 1.68 bits per heavy atom. The molecule has 4 rings (SSSR count). The molecule has 1 aliphatic rings. The Balaban J connectivity index is 1.62. The van der Waals surface area contributed by atoms with Crippen LogP contribution >= 0.6 is 15.9 Å². The van der Waals surface area contributed by atoms with E-state index in [1.807, 2.05) is 62.2 Å². The first kappa shape index (κ1) is 31.5. The average Bonchev–Trinajstić information content (AvgIpc) is 3.36. The quantitative estimate of drug-likeness (QED) is 0.235. The number of amides is 1. The van der Waals surface area contributed by atoms with Crippen LogP contribution in [-0.4, -0.2) is 60.9 Å². The van der Waals surface area contributed by atoms with Gasteiger partial charge in [-0.1, -0.05) is 65.0 Å². The van der Waals surface area contributed by atoms with Gasteiger partial charge in [0.05, 0.1) is 24.6 Å². The molecule has 222 valence electrons. The van der Waals surface area contributed by atoms with Crippen LogP contribution in [0.3, 0.4) is 0 Å². The van der Waals surface area contributed by atoms with Gasteiger partial charge in [0, 0.05) is 42.6 Å². The zero-order valence-corrected chi connectivity index (χ0v) is 27.0. The summed E-state index contributed by atoms with van der Waals surface area (Å²) in [6, 6.07) is 16.1. The molecule has 1 aromatic heterocycles. The Morgan fingerprint density at radius 1 is 1.02 bits per heavy atom. The van der Waals surface area contributed by atoms with Gasteiger partial charge in [0.1, 0.15) is 0 Å². The van der Waals surface area contributed by atoms with Gasteiger partial charge in [0.2, 0.25) is 15.9 Å². The van der Waals surface area contributed by atoms with Crippen LogP contribution in [0.4, 0.5) is 0 Å².